The summed E-state index contributed by atoms with van der Waals surface area (Å²) in [6.45, 7) is 4.87. The first-order valence-corrected chi connectivity index (χ1v) is 9.83. The molecule has 144 valence electrons. The van der Waals surface area contributed by atoms with Gasteiger partial charge in [0.25, 0.3) is 0 Å². The van der Waals surface area contributed by atoms with Crippen LogP contribution in [0.15, 0.2) is 55.1 Å². The van der Waals surface area contributed by atoms with E-state index in [-0.39, 0.29) is 6.04 Å². The van der Waals surface area contributed by atoms with Crippen LogP contribution in [0, 0.1) is 6.92 Å². The summed E-state index contributed by atoms with van der Waals surface area (Å²) in [5.74, 6) is 0.846. The number of rotatable bonds is 3. The van der Waals surface area contributed by atoms with Gasteiger partial charge in [0.05, 0.1) is 40.8 Å². The third-order valence-electron chi connectivity index (χ3n) is 5.40. The van der Waals surface area contributed by atoms with Gasteiger partial charge in [0.2, 0.25) is 0 Å². The molecule has 0 radical (unpaired) electrons. The van der Waals surface area contributed by atoms with E-state index in [1.54, 1.807) is 12.5 Å². The number of nitrogens with zero attached hydrogens (tertiary/aromatic N) is 5. The van der Waals surface area contributed by atoms with Gasteiger partial charge in [0.1, 0.15) is 12.0 Å². The minimum atomic E-state index is 0.0297. The lowest BCUT2D eigenvalue weighted by Gasteiger charge is -2.28. The molecule has 0 saturated heterocycles. The Hall–Kier alpha value is -3.25. The monoisotopic (exact) mass is 402 g/mol. The van der Waals surface area contributed by atoms with E-state index in [0.29, 0.717) is 11.7 Å². The number of aryl methyl sites for hydroxylation is 1. The number of nitrogens with one attached hydrogen (secondary N) is 1. The van der Waals surface area contributed by atoms with E-state index in [1.807, 2.05) is 30.5 Å². The van der Waals surface area contributed by atoms with Crippen molar-refractivity contribution in [2.75, 3.05) is 16.9 Å². The topological polar surface area (TPSA) is 66.8 Å². The molecular formula is C22H19ClN6. The third kappa shape index (κ3) is 2.96. The predicted octanol–water partition coefficient (Wildman–Crippen LogP) is 5.00. The van der Waals surface area contributed by atoms with Crippen LogP contribution in [0.25, 0.3) is 22.3 Å². The Labute approximate surface area is 173 Å². The summed E-state index contributed by atoms with van der Waals surface area (Å²) in [7, 11) is 0. The van der Waals surface area contributed by atoms with Crippen molar-refractivity contribution in [2.45, 2.75) is 19.9 Å². The second-order valence-electron chi connectivity index (χ2n) is 7.14. The largest absolute Gasteiger partial charge is 0.351 e. The van der Waals surface area contributed by atoms with Gasteiger partial charge in [-0.05, 0) is 37.6 Å². The van der Waals surface area contributed by atoms with Gasteiger partial charge >= 0.3 is 0 Å². The molecule has 4 heterocycles. The van der Waals surface area contributed by atoms with Gasteiger partial charge in [-0.25, -0.2) is 15.0 Å². The van der Waals surface area contributed by atoms with Crippen molar-refractivity contribution in [1.29, 1.82) is 0 Å². The van der Waals surface area contributed by atoms with E-state index < -0.39 is 0 Å². The molecule has 5 rings (SSSR count). The van der Waals surface area contributed by atoms with Crippen LogP contribution >= 0.6 is 11.6 Å². The van der Waals surface area contributed by atoms with Crippen LogP contribution in [0.1, 0.15) is 24.1 Å². The zero-order chi connectivity index (χ0) is 20.0. The summed E-state index contributed by atoms with van der Waals surface area (Å²) in [5, 5.41) is 4.98. The number of anilines is 2. The molecular weight excluding hydrogens is 384 g/mol. The average Bonchev–Trinajstić information content (AvgIpc) is 3.17. The first-order valence-electron chi connectivity index (χ1n) is 9.45. The predicted molar refractivity (Wildman–Crippen MR) is 116 cm³/mol. The summed E-state index contributed by atoms with van der Waals surface area (Å²) in [5.41, 5.74) is 5.64. The van der Waals surface area contributed by atoms with Crippen molar-refractivity contribution in [3.05, 3.63) is 71.3 Å². The van der Waals surface area contributed by atoms with E-state index >= 15 is 0 Å². The number of pyridine rings is 2. The number of fused-ring (bicyclic) bond motifs is 2. The molecule has 4 aromatic rings. The lowest BCUT2D eigenvalue weighted by molar-refractivity contribution is 0.711. The smallest absolute Gasteiger partial charge is 0.154 e. The van der Waals surface area contributed by atoms with E-state index in [2.05, 4.69) is 51.1 Å². The molecule has 1 atom stereocenters. The number of aromatic nitrogens is 4. The number of hydrogen-bond donors (Lipinski definition) is 1. The summed E-state index contributed by atoms with van der Waals surface area (Å²) in [6, 6.07) is 12.1. The van der Waals surface area contributed by atoms with Gasteiger partial charge in [-0.3, -0.25) is 4.98 Å². The second kappa shape index (κ2) is 6.97. The fraction of sp³-hybridized carbons (Fsp3) is 0.182. The summed E-state index contributed by atoms with van der Waals surface area (Å²) >= 11 is 6.46. The molecule has 29 heavy (non-hydrogen) atoms. The Morgan fingerprint density at radius 3 is 2.90 bits per heavy atom. The van der Waals surface area contributed by atoms with Gasteiger partial charge in [0, 0.05) is 17.1 Å². The summed E-state index contributed by atoms with van der Waals surface area (Å²) < 4.78 is 0. The van der Waals surface area contributed by atoms with Gasteiger partial charge in [-0.2, -0.15) is 0 Å². The summed E-state index contributed by atoms with van der Waals surface area (Å²) in [6.07, 6.45) is 5.20. The molecule has 6 nitrogen and oxygen atoms in total. The van der Waals surface area contributed by atoms with Crippen molar-refractivity contribution < 1.29 is 0 Å². The third-order valence-corrected chi connectivity index (χ3v) is 5.70. The fourth-order valence-corrected chi connectivity index (χ4v) is 4.07. The van der Waals surface area contributed by atoms with E-state index in [1.165, 1.54) is 0 Å². The molecule has 0 unspecified atom stereocenters. The molecule has 7 heteroatoms. The van der Waals surface area contributed by atoms with Crippen LogP contribution < -0.4 is 10.2 Å². The molecule has 1 aromatic carbocycles. The van der Waals surface area contributed by atoms with Gasteiger partial charge < -0.3 is 10.2 Å². The van der Waals surface area contributed by atoms with Crippen LogP contribution in [0.5, 0.6) is 0 Å². The highest BCUT2D eigenvalue weighted by atomic mass is 35.5. The minimum absolute atomic E-state index is 0.0297. The molecule has 1 N–H and O–H groups in total. The zero-order valence-electron chi connectivity index (χ0n) is 16.1. The minimum Gasteiger partial charge on any atom is -0.351 e. The molecule has 0 fully saturated rings. The molecule has 0 bridgehead atoms. The number of benzene rings is 1. The van der Waals surface area contributed by atoms with Gasteiger partial charge in [0.15, 0.2) is 5.82 Å². The standard InChI is InChI=1S/C22H19ClN6/c1-13-5-4-8-25-19(13)21-16(9-15-6-3-7-17(23)20(15)28-21)14(2)29-12-27-22-18(29)10-24-11-26-22/h3-11,14H,12H2,1-2H3,(H,24,26,27)/t14-/m0/s1. The van der Waals surface area contributed by atoms with Crippen molar-refractivity contribution in [3.63, 3.8) is 0 Å². The molecule has 0 amide bonds. The Kier molecular flexibility index (Phi) is 4.28. The highest BCUT2D eigenvalue weighted by Crippen LogP contribution is 2.39. The second-order valence-corrected chi connectivity index (χ2v) is 7.55. The lowest BCUT2D eigenvalue weighted by Crippen LogP contribution is -2.27. The first kappa shape index (κ1) is 17.8. The normalized spacial score (nSPS) is 14.0. The molecule has 1 aliphatic heterocycles. The molecule has 0 aliphatic carbocycles. The van der Waals surface area contributed by atoms with Crippen LogP contribution in [-0.4, -0.2) is 26.6 Å². The molecule has 0 spiro atoms. The van der Waals surface area contributed by atoms with Crippen molar-refractivity contribution in [1.82, 2.24) is 19.9 Å². The SMILES string of the molecule is Cc1cccnc1-c1nc2c(Cl)cccc2cc1[C@H](C)N1CNc2ncncc21. The fourth-order valence-electron chi connectivity index (χ4n) is 3.85. The Balaban J connectivity index is 1.72. The highest BCUT2D eigenvalue weighted by molar-refractivity contribution is 6.35. The van der Waals surface area contributed by atoms with Crippen molar-refractivity contribution >= 4 is 34.0 Å². The molecule has 1 aliphatic rings. The van der Waals surface area contributed by atoms with Crippen LogP contribution in [0.4, 0.5) is 11.5 Å². The molecule has 3 aromatic heterocycles. The highest BCUT2D eigenvalue weighted by Gasteiger charge is 2.28. The lowest BCUT2D eigenvalue weighted by atomic mass is 9.98. The molecule has 0 saturated carbocycles. The van der Waals surface area contributed by atoms with Crippen LogP contribution in [-0.2, 0) is 0 Å². The van der Waals surface area contributed by atoms with E-state index in [9.17, 15) is 0 Å². The van der Waals surface area contributed by atoms with Crippen molar-refractivity contribution in [3.8, 4) is 11.4 Å². The maximum Gasteiger partial charge on any atom is 0.154 e. The van der Waals surface area contributed by atoms with Gasteiger partial charge in [-0.1, -0.05) is 29.8 Å². The maximum absolute atomic E-state index is 6.46. The summed E-state index contributed by atoms with van der Waals surface area (Å²) in [4.78, 5) is 20.4. The Morgan fingerprint density at radius 2 is 2.03 bits per heavy atom. The first-order chi connectivity index (χ1) is 14.1. The Morgan fingerprint density at radius 1 is 1.14 bits per heavy atom. The average molecular weight is 403 g/mol. The van der Waals surface area contributed by atoms with Gasteiger partial charge in [-0.15, -0.1) is 0 Å². The van der Waals surface area contributed by atoms with E-state index in [0.717, 1.165) is 44.9 Å². The van der Waals surface area contributed by atoms with Crippen LogP contribution in [0.2, 0.25) is 5.02 Å². The van der Waals surface area contributed by atoms with Crippen LogP contribution in [0.3, 0.4) is 0 Å². The quantitative estimate of drug-likeness (QED) is 0.520. The number of hydrogen-bond acceptors (Lipinski definition) is 6. The van der Waals surface area contributed by atoms with E-state index in [4.69, 9.17) is 16.6 Å². The Bertz CT molecular complexity index is 1230. The zero-order valence-corrected chi connectivity index (χ0v) is 16.9. The van der Waals surface area contributed by atoms with Crippen molar-refractivity contribution in [2.24, 2.45) is 0 Å². The maximum atomic E-state index is 6.46. The number of halogens is 1. The number of para-hydroxylation sites is 1.